The molecule has 0 fully saturated rings. The second-order valence-corrected chi connectivity index (χ2v) is 7.58. The Balaban J connectivity index is 2.11. The summed E-state index contributed by atoms with van der Waals surface area (Å²) in [6.07, 6.45) is 0. The van der Waals surface area contributed by atoms with Crippen LogP contribution < -0.4 is 10.2 Å². The second-order valence-electron chi connectivity index (χ2n) is 7.14. The molecule has 0 aromatic heterocycles. The first-order valence-electron chi connectivity index (χ1n) is 8.77. The molecule has 25 heavy (non-hydrogen) atoms. The number of rotatable bonds is 7. The zero-order valence-electron chi connectivity index (χ0n) is 15.5. The lowest BCUT2D eigenvalue weighted by Crippen LogP contribution is -3.04. The van der Waals surface area contributed by atoms with Gasteiger partial charge in [-0.2, -0.15) is 0 Å². The first-order valence-corrected chi connectivity index (χ1v) is 9.15. The molecule has 0 unspecified atom stereocenters. The van der Waals surface area contributed by atoms with E-state index in [1.165, 1.54) is 16.0 Å². The van der Waals surface area contributed by atoms with E-state index in [4.69, 9.17) is 11.6 Å². The lowest BCUT2D eigenvalue weighted by molar-refractivity contribution is -0.872. The van der Waals surface area contributed by atoms with Crippen LogP contribution in [0.15, 0.2) is 48.5 Å². The summed E-state index contributed by atoms with van der Waals surface area (Å²) >= 11 is 5.97. The lowest BCUT2D eigenvalue weighted by Gasteiger charge is -2.21. The molecule has 0 spiro atoms. The zero-order chi connectivity index (χ0) is 18.4. The summed E-state index contributed by atoms with van der Waals surface area (Å²) in [5, 5.41) is 3.81. The average molecular weight is 360 g/mol. The van der Waals surface area contributed by atoms with Crippen molar-refractivity contribution in [2.24, 2.45) is 5.92 Å². The van der Waals surface area contributed by atoms with Crippen LogP contribution in [0, 0.1) is 5.92 Å². The summed E-state index contributed by atoms with van der Waals surface area (Å²) in [5.41, 5.74) is 3.45. The molecule has 0 saturated heterocycles. The predicted molar refractivity (Wildman–Crippen MR) is 104 cm³/mol. The molecule has 0 aliphatic carbocycles. The van der Waals surface area contributed by atoms with Crippen LogP contribution in [-0.4, -0.2) is 20.0 Å². The molecule has 2 aromatic rings. The number of halogens is 1. The molecule has 1 atom stereocenters. The Kier molecular flexibility index (Phi) is 7.03. The number of carbonyl (C=O) groups is 1. The minimum absolute atomic E-state index is 0.0596. The van der Waals surface area contributed by atoms with Crippen molar-refractivity contribution < 1.29 is 9.69 Å². The van der Waals surface area contributed by atoms with Gasteiger partial charge in [0, 0.05) is 17.1 Å². The molecule has 134 valence electrons. The Morgan fingerprint density at radius 1 is 1.04 bits per heavy atom. The Morgan fingerprint density at radius 3 is 2.20 bits per heavy atom. The van der Waals surface area contributed by atoms with E-state index in [0.29, 0.717) is 11.6 Å². The fourth-order valence-electron chi connectivity index (χ4n) is 3.08. The monoisotopic (exact) mass is 359 g/mol. The van der Waals surface area contributed by atoms with Gasteiger partial charge >= 0.3 is 0 Å². The Bertz CT molecular complexity index is 695. The maximum absolute atomic E-state index is 12.8. The number of carbonyl (C=O) groups excluding carboxylic acids is 1. The zero-order valence-corrected chi connectivity index (χ0v) is 16.2. The van der Waals surface area contributed by atoms with E-state index in [-0.39, 0.29) is 17.7 Å². The van der Waals surface area contributed by atoms with Gasteiger partial charge in [0.05, 0.1) is 20.0 Å². The van der Waals surface area contributed by atoms with Gasteiger partial charge in [-0.05, 0) is 29.2 Å². The highest BCUT2D eigenvalue weighted by Gasteiger charge is 2.24. The summed E-state index contributed by atoms with van der Waals surface area (Å²) in [7, 11) is 4.26. The third-order valence-corrected chi connectivity index (χ3v) is 4.55. The van der Waals surface area contributed by atoms with Crippen molar-refractivity contribution in [3.63, 3.8) is 0 Å². The van der Waals surface area contributed by atoms with Crippen molar-refractivity contribution in [2.75, 3.05) is 14.1 Å². The molecular weight excluding hydrogens is 332 g/mol. The van der Waals surface area contributed by atoms with Gasteiger partial charge in [0.2, 0.25) is 5.91 Å². The molecule has 3 nitrogen and oxygen atoms in total. The van der Waals surface area contributed by atoms with Crippen molar-refractivity contribution in [3.05, 3.63) is 70.2 Å². The maximum Gasteiger partial charge on any atom is 0.228 e. The number of hydrogen-bond donors (Lipinski definition) is 2. The molecule has 0 bridgehead atoms. The standard InChI is InChI=1S/C21H27ClN2O/c1-15(2)20(16-9-11-19(22)12-10-16)21(25)23-13-17-7-5-6-8-18(17)14-24(3)4/h5-12,15,20H,13-14H2,1-4H3,(H,23,25)/p+1/t20-/m0/s1. The molecule has 2 aromatic carbocycles. The number of amides is 1. The van der Waals surface area contributed by atoms with Crippen molar-refractivity contribution >= 4 is 17.5 Å². The summed E-state index contributed by atoms with van der Waals surface area (Å²) in [6.45, 7) is 5.64. The Hall–Kier alpha value is -1.84. The highest BCUT2D eigenvalue weighted by Crippen LogP contribution is 2.26. The normalized spacial score (nSPS) is 12.4. The molecule has 0 aliphatic heterocycles. The van der Waals surface area contributed by atoms with Gasteiger partial charge in [0.25, 0.3) is 0 Å². The van der Waals surface area contributed by atoms with Gasteiger partial charge in [-0.25, -0.2) is 0 Å². The van der Waals surface area contributed by atoms with Gasteiger partial charge in [0.1, 0.15) is 6.54 Å². The number of benzene rings is 2. The van der Waals surface area contributed by atoms with Gasteiger partial charge in [-0.3, -0.25) is 4.79 Å². The third kappa shape index (κ3) is 5.58. The van der Waals surface area contributed by atoms with Crippen LogP contribution in [0.2, 0.25) is 5.02 Å². The first-order chi connectivity index (χ1) is 11.9. The van der Waals surface area contributed by atoms with E-state index in [1.807, 2.05) is 36.4 Å². The summed E-state index contributed by atoms with van der Waals surface area (Å²) < 4.78 is 0. The van der Waals surface area contributed by atoms with Crippen molar-refractivity contribution in [2.45, 2.75) is 32.9 Å². The summed E-state index contributed by atoms with van der Waals surface area (Å²) in [4.78, 5) is 14.2. The van der Waals surface area contributed by atoms with E-state index >= 15 is 0 Å². The van der Waals surface area contributed by atoms with E-state index in [2.05, 4.69) is 45.4 Å². The Morgan fingerprint density at radius 2 is 1.64 bits per heavy atom. The van der Waals surface area contributed by atoms with Gasteiger partial charge in [-0.1, -0.05) is 61.8 Å². The largest absolute Gasteiger partial charge is 0.351 e. The Labute approximate surface area is 156 Å². The van der Waals surface area contributed by atoms with Crippen LogP contribution in [0.4, 0.5) is 0 Å². The average Bonchev–Trinajstić information content (AvgIpc) is 2.55. The predicted octanol–water partition coefficient (Wildman–Crippen LogP) is 3.04. The fourth-order valence-corrected chi connectivity index (χ4v) is 3.21. The van der Waals surface area contributed by atoms with Crippen LogP contribution in [0.5, 0.6) is 0 Å². The fraction of sp³-hybridized carbons (Fsp3) is 0.381. The molecule has 0 heterocycles. The SMILES string of the molecule is CC(C)[C@H](C(=O)NCc1ccccc1C[NH+](C)C)c1ccc(Cl)cc1. The third-order valence-electron chi connectivity index (χ3n) is 4.29. The van der Waals surface area contributed by atoms with Gasteiger partial charge in [0.15, 0.2) is 0 Å². The van der Waals surface area contributed by atoms with Crippen molar-refractivity contribution in [1.82, 2.24) is 5.32 Å². The van der Waals surface area contributed by atoms with E-state index in [1.54, 1.807) is 0 Å². The van der Waals surface area contributed by atoms with Crippen LogP contribution in [0.25, 0.3) is 0 Å². The minimum atomic E-state index is -0.177. The van der Waals surface area contributed by atoms with Gasteiger partial charge < -0.3 is 10.2 Å². The number of hydrogen-bond acceptors (Lipinski definition) is 1. The van der Waals surface area contributed by atoms with Crippen molar-refractivity contribution in [1.29, 1.82) is 0 Å². The molecular formula is C21H28ClN2O+. The maximum atomic E-state index is 12.8. The number of quaternary nitrogens is 1. The topological polar surface area (TPSA) is 33.5 Å². The molecule has 4 heteroatoms. The van der Waals surface area contributed by atoms with Crippen LogP contribution in [-0.2, 0) is 17.9 Å². The molecule has 0 radical (unpaired) electrons. The smallest absolute Gasteiger partial charge is 0.228 e. The quantitative estimate of drug-likeness (QED) is 0.782. The molecule has 0 aliphatic rings. The minimum Gasteiger partial charge on any atom is -0.351 e. The first kappa shape index (κ1) is 19.5. The van der Waals surface area contributed by atoms with Crippen LogP contribution in [0.1, 0.15) is 36.5 Å². The molecule has 2 rings (SSSR count). The molecule has 0 saturated carbocycles. The van der Waals surface area contributed by atoms with Gasteiger partial charge in [-0.15, -0.1) is 0 Å². The molecule has 1 amide bonds. The van der Waals surface area contributed by atoms with Crippen molar-refractivity contribution in [3.8, 4) is 0 Å². The van der Waals surface area contributed by atoms with E-state index < -0.39 is 0 Å². The van der Waals surface area contributed by atoms with E-state index in [0.717, 1.165) is 12.1 Å². The summed E-state index contributed by atoms with van der Waals surface area (Å²) in [6, 6.07) is 15.9. The second kappa shape index (κ2) is 9.02. The highest BCUT2D eigenvalue weighted by molar-refractivity contribution is 6.30. The number of nitrogens with one attached hydrogen (secondary N) is 2. The lowest BCUT2D eigenvalue weighted by atomic mass is 9.87. The van der Waals surface area contributed by atoms with Crippen LogP contribution in [0.3, 0.4) is 0 Å². The highest BCUT2D eigenvalue weighted by atomic mass is 35.5. The summed E-state index contributed by atoms with van der Waals surface area (Å²) in [5.74, 6) is 0.0934. The van der Waals surface area contributed by atoms with Crippen LogP contribution >= 0.6 is 11.6 Å². The molecule has 2 N–H and O–H groups in total. The van der Waals surface area contributed by atoms with E-state index in [9.17, 15) is 4.79 Å².